The van der Waals surface area contributed by atoms with Gasteiger partial charge < -0.3 is 19.7 Å². The maximum atomic E-state index is 11.8. The molecule has 114 valence electrons. The Bertz CT molecular complexity index is 531. The molecule has 1 rings (SSSR count). The molecular weight excluding hydrogens is 276 g/mol. The highest BCUT2D eigenvalue weighted by Gasteiger charge is 2.18. The molecule has 1 aromatic rings. The van der Waals surface area contributed by atoms with Crippen LogP contribution in [0.3, 0.4) is 0 Å². The predicted molar refractivity (Wildman–Crippen MR) is 75.1 cm³/mol. The van der Waals surface area contributed by atoms with Crippen molar-refractivity contribution in [2.45, 2.75) is 20.0 Å². The molecule has 0 fully saturated rings. The summed E-state index contributed by atoms with van der Waals surface area (Å²) in [6.07, 6.45) is 0.506. The number of esters is 1. The average molecular weight is 294 g/mol. The first-order valence-electron chi connectivity index (χ1n) is 6.34. The highest BCUT2D eigenvalue weighted by Crippen LogP contribution is 2.10. The van der Waals surface area contributed by atoms with Gasteiger partial charge in [0.2, 0.25) is 0 Å². The van der Waals surface area contributed by atoms with Crippen LogP contribution in [-0.2, 0) is 9.47 Å². The number of carbonyl (C=O) groups excluding carboxylic acids is 1. The summed E-state index contributed by atoms with van der Waals surface area (Å²) >= 11 is 0. The molecule has 6 heteroatoms. The normalized spacial score (nSPS) is 11.4. The van der Waals surface area contributed by atoms with Crippen LogP contribution in [0, 0.1) is 0 Å². The predicted octanol–water partition coefficient (Wildman–Crippen LogP) is 1.84. The lowest BCUT2D eigenvalue weighted by Gasteiger charge is -2.12. The topological polar surface area (TPSA) is 93.1 Å². The molecule has 6 nitrogen and oxygen atoms in total. The second kappa shape index (κ2) is 8.06. The molecule has 1 unspecified atom stereocenters. The molecule has 0 radical (unpaired) electrons. The second-order valence-electron chi connectivity index (χ2n) is 4.63. The highest BCUT2D eigenvalue weighted by molar-refractivity contribution is 6.02. The molecule has 0 spiro atoms. The summed E-state index contributed by atoms with van der Waals surface area (Å²) in [5.41, 5.74) is 0.745. The smallest absolute Gasteiger partial charge is 0.339 e. The van der Waals surface area contributed by atoms with Crippen LogP contribution < -0.4 is 0 Å². The average Bonchev–Trinajstić information content (AvgIpc) is 2.44. The Kier molecular flexibility index (Phi) is 6.42. The Morgan fingerprint density at radius 3 is 2.38 bits per heavy atom. The maximum absolute atomic E-state index is 11.8. The lowest BCUT2D eigenvalue weighted by molar-refractivity contribution is 0.00615. The van der Waals surface area contributed by atoms with Gasteiger partial charge in [0.15, 0.2) is 0 Å². The SMILES string of the molecule is CC(C)=COCC(O)COC(=O)c1ccccc1C(=O)O. The number of carboxylic acid groups (broad SMARTS) is 1. The van der Waals surface area contributed by atoms with E-state index in [1.165, 1.54) is 30.5 Å². The van der Waals surface area contributed by atoms with E-state index < -0.39 is 18.0 Å². The van der Waals surface area contributed by atoms with Crippen molar-refractivity contribution in [1.29, 1.82) is 0 Å². The van der Waals surface area contributed by atoms with Crippen LogP contribution in [-0.4, -0.2) is 41.5 Å². The lowest BCUT2D eigenvalue weighted by atomic mass is 10.1. The van der Waals surface area contributed by atoms with Crippen molar-refractivity contribution in [2.75, 3.05) is 13.2 Å². The van der Waals surface area contributed by atoms with Gasteiger partial charge in [-0.25, -0.2) is 9.59 Å². The molecule has 1 aromatic carbocycles. The first-order valence-corrected chi connectivity index (χ1v) is 6.34. The zero-order chi connectivity index (χ0) is 15.8. The van der Waals surface area contributed by atoms with E-state index in [4.69, 9.17) is 14.6 Å². The number of aliphatic hydroxyl groups is 1. The molecule has 21 heavy (non-hydrogen) atoms. The van der Waals surface area contributed by atoms with Gasteiger partial charge in [-0.3, -0.25) is 0 Å². The van der Waals surface area contributed by atoms with E-state index in [1.807, 2.05) is 13.8 Å². The van der Waals surface area contributed by atoms with Gasteiger partial charge in [-0.05, 0) is 31.6 Å². The number of benzene rings is 1. The molecule has 2 N–H and O–H groups in total. The van der Waals surface area contributed by atoms with Crippen LogP contribution in [0.1, 0.15) is 34.6 Å². The third-order valence-electron chi connectivity index (χ3n) is 2.39. The molecule has 0 amide bonds. The molecule has 0 heterocycles. The number of ether oxygens (including phenoxy) is 2. The van der Waals surface area contributed by atoms with E-state index in [0.717, 1.165) is 5.57 Å². The number of hydrogen-bond acceptors (Lipinski definition) is 5. The van der Waals surface area contributed by atoms with Gasteiger partial charge in [-0.15, -0.1) is 0 Å². The zero-order valence-corrected chi connectivity index (χ0v) is 11.9. The van der Waals surface area contributed by atoms with Gasteiger partial charge in [-0.2, -0.15) is 0 Å². The van der Waals surface area contributed by atoms with E-state index in [2.05, 4.69) is 0 Å². The van der Waals surface area contributed by atoms with Crippen molar-refractivity contribution in [3.8, 4) is 0 Å². The number of aliphatic hydroxyl groups excluding tert-OH is 1. The van der Waals surface area contributed by atoms with E-state index in [-0.39, 0.29) is 24.3 Å². The van der Waals surface area contributed by atoms with E-state index in [1.54, 1.807) is 0 Å². The zero-order valence-electron chi connectivity index (χ0n) is 11.9. The third kappa shape index (κ3) is 5.66. The second-order valence-corrected chi connectivity index (χ2v) is 4.63. The Balaban J connectivity index is 2.54. The van der Waals surface area contributed by atoms with Gasteiger partial charge >= 0.3 is 11.9 Å². The minimum atomic E-state index is -1.21. The summed E-state index contributed by atoms with van der Waals surface area (Å²) in [6.45, 7) is 3.40. The summed E-state index contributed by atoms with van der Waals surface area (Å²) in [4.78, 5) is 22.8. The molecule has 0 aromatic heterocycles. The number of carbonyl (C=O) groups is 2. The summed E-state index contributed by atoms with van der Waals surface area (Å²) in [7, 11) is 0. The Morgan fingerprint density at radius 2 is 1.81 bits per heavy atom. The number of allylic oxidation sites excluding steroid dienone is 1. The van der Waals surface area contributed by atoms with Crippen LogP contribution in [0.15, 0.2) is 36.1 Å². The molecule has 0 saturated carbocycles. The van der Waals surface area contributed by atoms with Gasteiger partial charge in [0.1, 0.15) is 19.3 Å². The van der Waals surface area contributed by atoms with E-state index >= 15 is 0 Å². The van der Waals surface area contributed by atoms with Crippen LogP contribution in [0.5, 0.6) is 0 Å². The van der Waals surface area contributed by atoms with Gasteiger partial charge in [-0.1, -0.05) is 12.1 Å². The van der Waals surface area contributed by atoms with Gasteiger partial charge in [0.05, 0.1) is 17.4 Å². The number of hydrogen-bond donors (Lipinski definition) is 2. The largest absolute Gasteiger partial charge is 0.498 e. The van der Waals surface area contributed by atoms with Crippen molar-refractivity contribution >= 4 is 11.9 Å². The molecule has 1 atom stereocenters. The fraction of sp³-hybridized carbons (Fsp3) is 0.333. The van der Waals surface area contributed by atoms with Crippen LogP contribution in [0.4, 0.5) is 0 Å². The Hall–Kier alpha value is -2.34. The summed E-state index contributed by atoms with van der Waals surface area (Å²) < 4.78 is 9.94. The lowest BCUT2D eigenvalue weighted by Crippen LogP contribution is -2.23. The minimum absolute atomic E-state index is 0.0148. The van der Waals surface area contributed by atoms with E-state index in [0.29, 0.717) is 0 Å². The van der Waals surface area contributed by atoms with Crippen molar-refractivity contribution in [3.63, 3.8) is 0 Å². The van der Waals surface area contributed by atoms with Crippen molar-refractivity contribution in [3.05, 3.63) is 47.2 Å². The standard InChI is InChI=1S/C15H18O6/c1-10(2)7-20-8-11(16)9-21-15(19)13-6-4-3-5-12(13)14(17)18/h3-7,11,16H,8-9H2,1-2H3,(H,17,18). The van der Waals surface area contributed by atoms with Crippen LogP contribution in [0.25, 0.3) is 0 Å². The molecule has 0 aliphatic carbocycles. The minimum Gasteiger partial charge on any atom is -0.498 e. The first kappa shape index (κ1) is 16.7. The molecule has 0 aliphatic heterocycles. The van der Waals surface area contributed by atoms with Crippen LogP contribution in [0.2, 0.25) is 0 Å². The van der Waals surface area contributed by atoms with Crippen molar-refractivity contribution in [1.82, 2.24) is 0 Å². The maximum Gasteiger partial charge on any atom is 0.339 e. The number of aromatic carboxylic acids is 1. The number of carboxylic acids is 1. The summed E-state index contributed by atoms with van der Waals surface area (Å²) in [5, 5.41) is 18.6. The highest BCUT2D eigenvalue weighted by atomic mass is 16.5. The van der Waals surface area contributed by atoms with Gasteiger partial charge in [0.25, 0.3) is 0 Å². The third-order valence-corrected chi connectivity index (χ3v) is 2.39. The monoisotopic (exact) mass is 294 g/mol. The molecule has 0 bridgehead atoms. The molecule has 0 aliphatic rings. The summed E-state index contributed by atoms with van der Waals surface area (Å²) in [5.74, 6) is -2.01. The Labute approximate surface area is 122 Å². The quantitative estimate of drug-likeness (QED) is 0.589. The van der Waals surface area contributed by atoms with Crippen molar-refractivity contribution in [2.24, 2.45) is 0 Å². The number of rotatable bonds is 7. The molecule has 0 saturated heterocycles. The first-order chi connectivity index (χ1) is 9.91. The van der Waals surface area contributed by atoms with Gasteiger partial charge in [0, 0.05) is 0 Å². The van der Waals surface area contributed by atoms with Crippen LogP contribution >= 0.6 is 0 Å². The molecular formula is C15H18O6. The fourth-order valence-electron chi connectivity index (χ4n) is 1.47. The van der Waals surface area contributed by atoms with E-state index in [9.17, 15) is 14.7 Å². The summed E-state index contributed by atoms with van der Waals surface area (Å²) in [6, 6.07) is 5.73. The van der Waals surface area contributed by atoms with Crippen molar-refractivity contribution < 1.29 is 29.3 Å². The Morgan fingerprint density at radius 1 is 1.19 bits per heavy atom. The fourth-order valence-corrected chi connectivity index (χ4v) is 1.47.